The molecule has 9 nitrogen and oxygen atoms in total. The Morgan fingerprint density at radius 3 is 2.43 bits per heavy atom. The Morgan fingerprint density at radius 1 is 1.00 bits per heavy atom. The van der Waals surface area contributed by atoms with Crippen molar-refractivity contribution < 1.29 is 19.1 Å². The fourth-order valence-corrected chi connectivity index (χ4v) is 2.42. The zero-order valence-electron chi connectivity index (χ0n) is 15.9. The van der Waals surface area contributed by atoms with Crippen LogP contribution < -0.4 is 10.6 Å². The van der Waals surface area contributed by atoms with Gasteiger partial charge in [-0.25, -0.2) is 14.3 Å². The standard InChI is InChI=1S/C21H19N5O4/c27-19(23-21(29)22-17-9-5-2-6-10-17)15-30-20(28)12-11-18-14-26(25-24-18)13-16-7-3-1-4-8-16/h1-12,14H,13,15H2,(H2,22,23,27,29)/b12-11+. The summed E-state index contributed by atoms with van der Waals surface area (Å²) in [6, 6.07) is 17.7. The molecule has 152 valence electrons. The molecule has 0 bridgehead atoms. The van der Waals surface area contributed by atoms with Gasteiger partial charge in [-0.3, -0.25) is 10.1 Å². The van der Waals surface area contributed by atoms with Crippen LogP contribution >= 0.6 is 0 Å². The molecular weight excluding hydrogens is 386 g/mol. The third kappa shape index (κ3) is 6.71. The molecule has 2 N–H and O–H groups in total. The van der Waals surface area contributed by atoms with Crippen molar-refractivity contribution >= 4 is 29.7 Å². The molecule has 30 heavy (non-hydrogen) atoms. The summed E-state index contributed by atoms with van der Waals surface area (Å²) in [6.07, 6.45) is 4.24. The largest absolute Gasteiger partial charge is 0.452 e. The third-order valence-corrected chi connectivity index (χ3v) is 3.76. The minimum atomic E-state index is -0.751. The molecule has 0 fully saturated rings. The van der Waals surface area contributed by atoms with Gasteiger partial charge in [0.15, 0.2) is 6.61 Å². The summed E-state index contributed by atoms with van der Waals surface area (Å²) in [7, 11) is 0. The van der Waals surface area contributed by atoms with Crippen molar-refractivity contribution in [3.05, 3.63) is 84.2 Å². The molecule has 0 atom stereocenters. The lowest BCUT2D eigenvalue weighted by Gasteiger charge is -2.06. The molecule has 0 saturated carbocycles. The molecule has 0 unspecified atom stereocenters. The fraction of sp³-hybridized carbons (Fsp3) is 0.0952. The van der Waals surface area contributed by atoms with E-state index in [0.717, 1.165) is 11.6 Å². The molecule has 0 aliphatic heterocycles. The summed E-state index contributed by atoms with van der Waals surface area (Å²) >= 11 is 0. The van der Waals surface area contributed by atoms with Crippen molar-refractivity contribution in [3.63, 3.8) is 0 Å². The van der Waals surface area contributed by atoms with Crippen molar-refractivity contribution in [1.29, 1.82) is 0 Å². The number of amides is 3. The van der Waals surface area contributed by atoms with Crippen LogP contribution in [-0.2, 0) is 20.9 Å². The molecule has 0 spiro atoms. The van der Waals surface area contributed by atoms with E-state index < -0.39 is 24.5 Å². The Hall–Kier alpha value is -4.27. The average molecular weight is 405 g/mol. The van der Waals surface area contributed by atoms with Gasteiger partial charge in [-0.15, -0.1) is 5.10 Å². The maximum atomic E-state index is 11.8. The van der Waals surface area contributed by atoms with E-state index in [1.165, 1.54) is 6.08 Å². The number of benzene rings is 2. The van der Waals surface area contributed by atoms with Crippen LogP contribution in [0.1, 0.15) is 11.3 Å². The first-order valence-corrected chi connectivity index (χ1v) is 9.03. The predicted molar refractivity (Wildman–Crippen MR) is 109 cm³/mol. The molecular formula is C21H19N5O4. The normalized spacial score (nSPS) is 10.5. The third-order valence-electron chi connectivity index (χ3n) is 3.76. The second-order valence-electron chi connectivity index (χ2n) is 6.14. The highest BCUT2D eigenvalue weighted by atomic mass is 16.5. The Labute approximate surface area is 172 Å². The van der Waals surface area contributed by atoms with E-state index in [9.17, 15) is 14.4 Å². The number of carbonyl (C=O) groups is 3. The lowest BCUT2D eigenvalue weighted by molar-refractivity contribution is -0.143. The van der Waals surface area contributed by atoms with Gasteiger partial charge in [-0.05, 0) is 23.8 Å². The van der Waals surface area contributed by atoms with Crippen molar-refractivity contribution in [2.24, 2.45) is 0 Å². The zero-order valence-corrected chi connectivity index (χ0v) is 15.9. The zero-order chi connectivity index (χ0) is 21.2. The number of carbonyl (C=O) groups excluding carboxylic acids is 3. The number of anilines is 1. The first kappa shape index (κ1) is 20.5. The van der Waals surface area contributed by atoms with Crippen LogP contribution in [0, 0.1) is 0 Å². The fourth-order valence-electron chi connectivity index (χ4n) is 2.42. The Balaban J connectivity index is 1.40. The SMILES string of the molecule is O=C(COC(=O)/C=C/c1cn(Cc2ccccc2)nn1)NC(=O)Nc1ccccc1. The van der Waals surface area contributed by atoms with Gasteiger partial charge in [-0.2, -0.15) is 0 Å². The molecule has 1 heterocycles. The van der Waals surface area contributed by atoms with E-state index in [1.54, 1.807) is 41.2 Å². The second kappa shape index (κ2) is 10.3. The number of urea groups is 1. The molecule has 9 heteroatoms. The van der Waals surface area contributed by atoms with Crippen LogP contribution in [0.4, 0.5) is 10.5 Å². The highest BCUT2D eigenvalue weighted by Gasteiger charge is 2.10. The van der Waals surface area contributed by atoms with Crippen LogP contribution in [0.3, 0.4) is 0 Å². The topological polar surface area (TPSA) is 115 Å². The summed E-state index contributed by atoms with van der Waals surface area (Å²) in [5.74, 6) is -1.50. The minimum absolute atomic E-state index is 0.467. The van der Waals surface area contributed by atoms with Gasteiger partial charge in [0.2, 0.25) is 0 Å². The smallest absolute Gasteiger partial charge is 0.331 e. The van der Waals surface area contributed by atoms with Crippen LogP contribution in [0.5, 0.6) is 0 Å². The predicted octanol–water partition coefficient (Wildman–Crippen LogP) is 2.23. The molecule has 3 amide bonds. The van der Waals surface area contributed by atoms with E-state index in [4.69, 9.17) is 4.74 Å². The van der Waals surface area contributed by atoms with Crippen LogP contribution in [0.25, 0.3) is 6.08 Å². The first-order valence-electron chi connectivity index (χ1n) is 9.03. The summed E-state index contributed by atoms with van der Waals surface area (Å²) in [4.78, 5) is 35.1. The van der Waals surface area contributed by atoms with E-state index >= 15 is 0 Å². The summed E-state index contributed by atoms with van der Waals surface area (Å²) in [5, 5.41) is 12.5. The molecule has 0 radical (unpaired) electrons. The van der Waals surface area contributed by atoms with E-state index in [2.05, 4.69) is 20.9 Å². The van der Waals surface area contributed by atoms with Gasteiger partial charge in [0.1, 0.15) is 5.69 Å². The maximum absolute atomic E-state index is 11.8. The Morgan fingerprint density at radius 2 is 1.70 bits per heavy atom. The lowest BCUT2D eigenvalue weighted by atomic mass is 10.2. The first-order chi connectivity index (χ1) is 14.6. The molecule has 0 aliphatic rings. The molecule has 0 saturated heterocycles. The minimum Gasteiger partial charge on any atom is -0.452 e. The van der Waals surface area contributed by atoms with Crippen LogP contribution in [0.2, 0.25) is 0 Å². The van der Waals surface area contributed by atoms with Gasteiger partial charge in [-0.1, -0.05) is 53.7 Å². The number of rotatable bonds is 7. The average Bonchev–Trinajstić information content (AvgIpc) is 3.19. The number of imide groups is 1. The molecule has 2 aromatic carbocycles. The Bertz CT molecular complexity index is 1030. The summed E-state index contributed by atoms with van der Waals surface area (Å²) in [5.41, 5.74) is 2.07. The summed E-state index contributed by atoms with van der Waals surface area (Å²) < 4.78 is 6.44. The molecule has 3 aromatic rings. The van der Waals surface area contributed by atoms with Crippen molar-refractivity contribution in [1.82, 2.24) is 20.3 Å². The highest BCUT2D eigenvalue weighted by Crippen LogP contribution is 2.05. The maximum Gasteiger partial charge on any atom is 0.331 e. The van der Waals surface area contributed by atoms with Crippen molar-refractivity contribution in [2.75, 3.05) is 11.9 Å². The quantitative estimate of drug-likeness (QED) is 0.460. The van der Waals surface area contributed by atoms with Gasteiger partial charge in [0.25, 0.3) is 5.91 Å². The number of esters is 1. The number of nitrogens with one attached hydrogen (secondary N) is 2. The number of nitrogens with zero attached hydrogens (tertiary/aromatic N) is 3. The van der Waals surface area contributed by atoms with Gasteiger partial charge in [0.05, 0.1) is 12.7 Å². The number of hydrogen-bond acceptors (Lipinski definition) is 6. The van der Waals surface area contributed by atoms with Crippen molar-refractivity contribution in [3.8, 4) is 0 Å². The lowest BCUT2D eigenvalue weighted by Crippen LogP contribution is -2.37. The number of ether oxygens (including phenoxy) is 1. The second-order valence-corrected chi connectivity index (χ2v) is 6.14. The van der Waals surface area contributed by atoms with E-state index in [0.29, 0.717) is 17.9 Å². The van der Waals surface area contributed by atoms with Crippen LogP contribution in [-0.4, -0.2) is 39.5 Å². The highest BCUT2D eigenvalue weighted by molar-refractivity contribution is 6.02. The molecule has 0 aliphatic carbocycles. The molecule has 3 rings (SSSR count). The number of para-hydroxylation sites is 1. The van der Waals surface area contributed by atoms with Gasteiger partial charge in [0, 0.05) is 11.8 Å². The van der Waals surface area contributed by atoms with E-state index in [-0.39, 0.29) is 0 Å². The van der Waals surface area contributed by atoms with E-state index in [1.807, 2.05) is 30.3 Å². The number of hydrogen-bond donors (Lipinski definition) is 2. The number of aromatic nitrogens is 3. The summed E-state index contributed by atoms with van der Waals surface area (Å²) in [6.45, 7) is -0.0383. The monoisotopic (exact) mass is 405 g/mol. The van der Waals surface area contributed by atoms with Crippen LogP contribution in [0.15, 0.2) is 72.9 Å². The Kier molecular flexibility index (Phi) is 7.04. The van der Waals surface area contributed by atoms with Gasteiger partial charge < -0.3 is 10.1 Å². The van der Waals surface area contributed by atoms with Crippen molar-refractivity contribution in [2.45, 2.75) is 6.54 Å². The van der Waals surface area contributed by atoms with Gasteiger partial charge >= 0.3 is 12.0 Å². The molecule has 1 aromatic heterocycles.